The van der Waals surface area contributed by atoms with Gasteiger partial charge in [-0.1, -0.05) is 17.7 Å². The highest BCUT2D eigenvalue weighted by Crippen LogP contribution is 2.41. The van der Waals surface area contributed by atoms with Crippen molar-refractivity contribution in [2.75, 3.05) is 12.4 Å². The number of allylic oxidation sites excluding steroid dienone is 1. The molecule has 4 rings (SSSR count). The lowest BCUT2D eigenvalue weighted by molar-refractivity contribution is -0.111. The molecule has 0 fully saturated rings. The SMILES string of the molecule is COc1c(/C(C)=C/C(=O)Nc2cc(Cl)ccc2C)cc2c3c(oc2c1C)CCCC3. The normalized spacial score (nSPS) is 14.0. The monoisotopic (exact) mass is 423 g/mol. The minimum absolute atomic E-state index is 0.202. The van der Waals surface area contributed by atoms with Crippen LogP contribution in [0.3, 0.4) is 0 Å². The van der Waals surface area contributed by atoms with Crippen LogP contribution in [0.2, 0.25) is 5.02 Å². The van der Waals surface area contributed by atoms with Crippen LogP contribution in [0.4, 0.5) is 5.69 Å². The number of hydrogen-bond donors (Lipinski definition) is 1. The van der Waals surface area contributed by atoms with Gasteiger partial charge in [0.25, 0.3) is 0 Å². The summed E-state index contributed by atoms with van der Waals surface area (Å²) in [5.41, 5.74) is 6.58. The number of nitrogens with one attached hydrogen (secondary N) is 1. The van der Waals surface area contributed by atoms with Crippen molar-refractivity contribution in [3.05, 3.63) is 63.4 Å². The van der Waals surface area contributed by atoms with Crippen LogP contribution in [-0.2, 0) is 17.6 Å². The zero-order valence-electron chi connectivity index (χ0n) is 17.8. The van der Waals surface area contributed by atoms with Crippen molar-refractivity contribution in [2.45, 2.75) is 46.5 Å². The van der Waals surface area contributed by atoms with Gasteiger partial charge in [0.15, 0.2) is 0 Å². The molecule has 3 aromatic rings. The quantitative estimate of drug-likeness (QED) is 0.479. The van der Waals surface area contributed by atoms with Gasteiger partial charge in [-0.05, 0) is 69.4 Å². The fraction of sp³-hybridized carbons (Fsp3) is 0.320. The molecule has 0 aliphatic heterocycles. The first kappa shape index (κ1) is 20.5. The van der Waals surface area contributed by atoms with Crippen LogP contribution in [0.25, 0.3) is 16.5 Å². The summed E-state index contributed by atoms with van der Waals surface area (Å²) in [5, 5.41) is 4.65. The van der Waals surface area contributed by atoms with Crippen LogP contribution < -0.4 is 10.1 Å². The molecule has 0 atom stereocenters. The largest absolute Gasteiger partial charge is 0.496 e. The highest BCUT2D eigenvalue weighted by molar-refractivity contribution is 6.31. The molecular formula is C25H26ClNO3. The first-order valence-corrected chi connectivity index (χ1v) is 10.6. The Labute approximate surface area is 181 Å². The average Bonchev–Trinajstić information content (AvgIpc) is 3.09. The average molecular weight is 424 g/mol. The first-order chi connectivity index (χ1) is 14.4. The van der Waals surface area contributed by atoms with Crippen molar-refractivity contribution < 1.29 is 13.9 Å². The van der Waals surface area contributed by atoms with Crippen LogP contribution in [0.5, 0.6) is 5.75 Å². The van der Waals surface area contributed by atoms with Crippen molar-refractivity contribution >= 4 is 39.7 Å². The Morgan fingerprint density at radius 3 is 2.73 bits per heavy atom. The lowest BCUT2D eigenvalue weighted by Crippen LogP contribution is -2.10. The van der Waals surface area contributed by atoms with Gasteiger partial charge in [0, 0.05) is 45.3 Å². The fourth-order valence-electron chi connectivity index (χ4n) is 4.26. The molecule has 156 valence electrons. The van der Waals surface area contributed by atoms with Crippen molar-refractivity contribution in [1.82, 2.24) is 0 Å². The summed E-state index contributed by atoms with van der Waals surface area (Å²) < 4.78 is 11.9. The molecule has 1 N–H and O–H groups in total. The van der Waals surface area contributed by atoms with E-state index in [0.717, 1.165) is 64.0 Å². The summed E-state index contributed by atoms with van der Waals surface area (Å²) in [6.45, 7) is 5.88. The molecule has 2 aromatic carbocycles. The lowest BCUT2D eigenvalue weighted by atomic mass is 9.93. The molecule has 1 aliphatic carbocycles. The van der Waals surface area contributed by atoms with E-state index in [1.165, 1.54) is 12.0 Å². The van der Waals surface area contributed by atoms with Gasteiger partial charge in [0.1, 0.15) is 17.1 Å². The van der Waals surface area contributed by atoms with Gasteiger partial charge in [-0.15, -0.1) is 0 Å². The van der Waals surface area contributed by atoms with E-state index < -0.39 is 0 Å². The van der Waals surface area contributed by atoms with E-state index in [4.69, 9.17) is 20.8 Å². The maximum absolute atomic E-state index is 12.7. The second kappa shape index (κ2) is 8.19. The van der Waals surface area contributed by atoms with Gasteiger partial charge in [-0.2, -0.15) is 0 Å². The molecule has 0 saturated carbocycles. The van der Waals surface area contributed by atoms with Crippen molar-refractivity contribution in [1.29, 1.82) is 0 Å². The maximum atomic E-state index is 12.7. The van der Waals surface area contributed by atoms with E-state index >= 15 is 0 Å². The number of anilines is 1. The molecule has 0 spiro atoms. The molecule has 0 saturated heterocycles. The van der Waals surface area contributed by atoms with Crippen LogP contribution in [-0.4, -0.2) is 13.0 Å². The fourth-order valence-corrected chi connectivity index (χ4v) is 4.44. The second-order valence-corrected chi connectivity index (χ2v) is 8.38. The number of ether oxygens (including phenoxy) is 1. The molecule has 0 unspecified atom stereocenters. The number of carbonyl (C=O) groups excluding carboxylic acids is 1. The number of fused-ring (bicyclic) bond motifs is 3. The molecule has 0 bridgehead atoms. The molecule has 1 heterocycles. The summed E-state index contributed by atoms with van der Waals surface area (Å²) in [4.78, 5) is 12.7. The van der Waals surface area contributed by atoms with Gasteiger partial charge >= 0.3 is 0 Å². The Morgan fingerprint density at radius 1 is 1.20 bits per heavy atom. The zero-order valence-corrected chi connectivity index (χ0v) is 18.6. The lowest BCUT2D eigenvalue weighted by Gasteiger charge is -2.14. The number of benzene rings is 2. The standard InChI is InChI=1S/C25H26ClNO3/c1-14-9-10-17(26)12-21(14)27-23(28)11-15(2)19-13-20-18-7-5-6-8-22(18)30-25(20)16(3)24(19)29-4/h9-13H,5-8H2,1-4H3,(H,27,28)/b15-11+. The Bertz CT molecular complexity index is 1170. The van der Waals surface area contributed by atoms with Crippen LogP contribution in [0.15, 0.2) is 34.8 Å². The molecule has 0 radical (unpaired) electrons. The Balaban J connectivity index is 1.73. The molecule has 5 heteroatoms. The number of amides is 1. The smallest absolute Gasteiger partial charge is 0.248 e. The Morgan fingerprint density at radius 2 is 1.97 bits per heavy atom. The van der Waals surface area contributed by atoms with E-state index in [9.17, 15) is 4.79 Å². The summed E-state index contributed by atoms with van der Waals surface area (Å²) in [6.07, 6.45) is 5.97. The topological polar surface area (TPSA) is 51.5 Å². The number of halogens is 1. The molecular weight excluding hydrogens is 398 g/mol. The van der Waals surface area contributed by atoms with Gasteiger partial charge in [0.2, 0.25) is 5.91 Å². The molecule has 30 heavy (non-hydrogen) atoms. The van der Waals surface area contributed by atoms with E-state index in [1.54, 1.807) is 19.3 Å². The van der Waals surface area contributed by atoms with E-state index in [-0.39, 0.29) is 5.91 Å². The van der Waals surface area contributed by atoms with E-state index in [1.807, 2.05) is 32.9 Å². The Kier molecular flexibility index (Phi) is 5.61. The number of rotatable bonds is 4. The summed E-state index contributed by atoms with van der Waals surface area (Å²) in [5.74, 6) is 1.63. The van der Waals surface area contributed by atoms with Crippen molar-refractivity contribution in [3.8, 4) is 5.75 Å². The maximum Gasteiger partial charge on any atom is 0.248 e. The second-order valence-electron chi connectivity index (χ2n) is 7.95. The number of hydrogen-bond acceptors (Lipinski definition) is 3. The molecule has 1 aliphatic rings. The van der Waals surface area contributed by atoms with Crippen LogP contribution >= 0.6 is 11.6 Å². The number of methoxy groups -OCH3 is 1. The first-order valence-electron chi connectivity index (χ1n) is 10.3. The third kappa shape index (κ3) is 3.72. The van der Waals surface area contributed by atoms with Gasteiger partial charge in [-0.25, -0.2) is 0 Å². The van der Waals surface area contributed by atoms with Crippen molar-refractivity contribution in [3.63, 3.8) is 0 Å². The number of furan rings is 1. The predicted octanol–water partition coefficient (Wildman–Crippen LogP) is 6.63. The minimum Gasteiger partial charge on any atom is -0.496 e. The minimum atomic E-state index is -0.202. The highest BCUT2D eigenvalue weighted by Gasteiger charge is 2.23. The molecule has 4 nitrogen and oxygen atoms in total. The third-order valence-electron chi connectivity index (χ3n) is 5.86. The van der Waals surface area contributed by atoms with Gasteiger partial charge in [0.05, 0.1) is 7.11 Å². The van der Waals surface area contributed by atoms with E-state index in [2.05, 4.69) is 11.4 Å². The van der Waals surface area contributed by atoms with Crippen molar-refractivity contribution in [2.24, 2.45) is 0 Å². The summed E-state index contributed by atoms with van der Waals surface area (Å²) in [6, 6.07) is 7.56. The van der Waals surface area contributed by atoms with Crippen LogP contribution in [0.1, 0.15) is 47.8 Å². The van der Waals surface area contributed by atoms with Crippen LogP contribution in [0, 0.1) is 13.8 Å². The van der Waals surface area contributed by atoms with Gasteiger partial charge in [-0.3, -0.25) is 4.79 Å². The highest BCUT2D eigenvalue weighted by atomic mass is 35.5. The molecule has 1 amide bonds. The number of carbonyl (C=O) groups is 1. The zero-order chi connectivity index (χ0) is 21.4. The molecule has 1 aromatic heterocycles. The number of aryl methyl sites for hydroxylation is 4. The van der Waals surface area contributed by atoms with Gasteiger partial charge < -0.3 is 14.5 Å². The third-order valence-corrected chi connectivity index (χ3v) is 6.10. The summed E-state index contributed by atoms with van der Waals surface area (Å²) in [7, 11) is 1.66. The van der Waals surface area contributed by atoms with E-state index in [0.29, 0.717) is 10.7 Å². The Hall–Kier alpha value is -2.72. The predicted molar refractivity (Wildman–Crippen MR) is 123 cm³/mol. The summed E-state index contributed by atoms with van der Waals surface area (Å²) >= 11 is 6.07.